The van der Waals surface area contributed by atoms with Crippen LogP contribution >= 0.6 is 28.3 Å². The summed E-state index contributed by atoms with van der Waals surface area (Å²) < 4.78 is 34.5. The largest absolute Gasteiger partial charge is 0.467 e. The smallest absolute Gasteiger partial charge is 0.132 e. The molecule has 1 aliphatic rings. The quantitative estimate of drug-likeness (QED) is 0.861. The molecular formula is C15H16BrClF2N2O. The molecule has 1 atom stereocenters. The predicted octanol–water partition coefficient (Wildman–Crippen LogP) is 3.74. The van der Waals surface area contributed by atoms with Crippen molar-refractivity contribution in [1.82, 2.24) is 10.2 Å². The number of nitrogens with zero attached hydrogens (tertiary/aromatic N) is 1. The summed E-state index contributed by atoms with van der Waals surface area (Å²) in [5.74, 6) is -0.583. The minimum Gasteiger partial charge on any atom is -0.467 e. The van der Waals surface area contributed by atoms with Crippen molar-refractivity contribution in [2.45, 2.75) is 6.04 Å². The minimum atomic E-state index is -0.568. The van der Waals surface area contributed by atoms with E-state index in [0.29, 0.717) is 23.3 Å². The molecule has 2 aromatic rings. The summed E-state index contributed by atoms with van der Waals surface area (Å²) in [6.45, 7) is 2.99. The van der Waals surface area contributed by atoms with Crippen molar-refractivity contribution in [3.8, 4) is 0 Å². The van der Waals surface area contributed by atoms with Gasteiger partial charge in [-0.2, -0.15) is 0 Å². The normalized spacial score (nSPS) is 17.0. The molecule has 1 fully saturated rings. The molecule has 22 heavy (non-hydrogen) atoms. The Bertz CT molecular complexity index is 595. The molecule has 0 amide bonds. The van der Waals surface area contributed by atoms with Gasteiger partial charge in [0.25, 0.3) is 0 Å². The van der Waals surface area contributed by atoms with E-state index < -0.39 is 17.7 Å². The molecule has 1 N–H and O–H groups in total. The Balaban J connectivity index is 0.00000176. The lowest BCUT2D eigenvalue weighted by Gasteiger charge is -2.34. The molecule has 0 aliphatic carbocycles. The van der Waals surface area contributed by atoms with Crippen LogP contribution < -0.4 is 5.32 Å². The lowest BCUT2D eigenvalue weighted by molar-refractivity contribution is 0.173. The highest BCUT2D eigenvalue weighted by Crippen LogP contribution is 2.34. The minimum absolute atomic E-state index is 0. The molecule has 3 nitrogen and oxygen atoms in total. The van der Waals surface area contributed by atoms with Crippen LogP contribution in [0.5, 0.6) is 0 Å². The summed E-state index contributed by atoms with van der Waals surface area (Å²) in [7, 11) is 0. The number of halogens is 4. The van der Waals surface area contributed by atoms with Gasteiger partial charge in [0.2, 0.25) is 0 Å². The van der Waals surface area contributed by atoms with Gasteiger partial charge in [0, 0.05) is 36.2 Å². The van der Waals surface area contributed by atoms with Crippen LogP contribution in [0.25, 0.3) is 0 Å². The molecule has 3 rings (SSSR count). The van der Waals surface area contributed by atoms with Crippen LogP contribution in [0.3, 0.4) is 0 Å². The van der Waals surface area contributed by atoms with Gasteiger partial charge in [-0.1, -0.05) is 15.9 Å². The van der Waals surface area contributed by atoms with Crippen LogP contribution in [-0.4, -0.2) is 31.1 Å². The summed E-state index contributed by atoms with van der Waals surface area (Å²) in [6.07, 6.45) is 1.53. The molecule has 2 heterocycles. The Hall–Kier alpha value is -0.950. The van der Waals surface area contributed by atoms with Gasteiger partial charge in [0.1, 0.15) is 17.4 Å². The maximum absolute atomic E-state index is 14.4. The molecule has 120 valence electrons. The zero-order valence-electron chi connectivity index (χ0n) is 11.7. The zero-order valence-corrected chi connectivity index (χ0v) is 14.1. The number of benzene rings is 1. The number of rotatable bonds is 3. The van der Waals surface area contributed by atoms with Gasteiger partial charge < -0.3 is 9.73 Å². The Kier molecular flexibility index (Phi) is 5.97. The second-order valence-corrected chi connectivity index (χ2v) is 5.90. The summed E-state index contributed by atoms with van der Waals surface area (Å²) in [5, 5.41) is 3.24. The standard InChI is InChI=1S/C15H15BrF2N2O.ClH/c16-10-8-11(17)14(12(18)9-10)15(13-2-1-7-21-13)20-5-3-19-4-6-20;/h1-2,7-9,15,19H,3-6H2;1H/t15-;/m1./s1. The van der Waals surface area contributed by atoms with Gasteiger partial charge >= 0.3 is 0 Å². The van der Waals surface area contributed by atoms with E-state index >= 15 is 0 Å². The SMILES string of the molecule is Cl.Fc1cc(Br)cc(F)c1[C@@H](c1ccco1)N1CCNCC1. The van der Waals surface area contributed by atoms with Crippen molar-refractivity contribution in [2.24, 2.45) is 0 Å². The molecule has 1 saturated heterocycles. The van der Waals surface area contributed by atoms with Crippen molar-refractivity contribution in [3.05, 3.63) is 58.0 Å². The van der Waals surface area contributed by atoms with Crippen LogP contribution in [0, 0.1) is 11.6 Å². The molecule has 1 aromatic heterocycles. The van der Waals surface area contributed by atoms with E-state index in [4.69, 9.17) is 4.42 Å². The third-order valence-electron chi connectivity index (χ3n) is 3.65. The first-order valence-corrected chi connectivity index (χ1v) is 7.58. The second kappa shape index (κ2) is 7.55. The van der Waals surface area contributed by atoms with Gasteiger partial charge in [-0.15, -0.1) is 12.4 Å². The van der Waals surface area contributed by atoms with E-state index in [9.17, 15) is 8.78 Å². The maximum atomic E-state index is 14.4. The first-order chi connectivity index (χ1) is 10.2. The molecule has 1 aromatic carbocycles. The van der Waals surface area contributed by atoms with Gasteiger partial charge in [-0.3, -0.25) is 4.90 Å². The third-order valence-corrected chi connectivity index (χ3v) is 4.10. The molecule has 1 aliphatic heterocycles. The maximum Gasteiger partial charge on any atom is 0.132 e. The second-order valence-electron chi connectivity index (χ2n) is 4.99. The fraction of sp³-hybridized carbons (Fsp3) is 0.333. The Morgan fingerprint density at radius 3 is 2.36 bits per heavy atom. The summed E-state index contributed by atoms with van der Waals surface area (Å²) in [6, 6.07) is 5.52. The molecule has 0 spiro atoms. The Morgan fingerprint density at radius 1 is 1.18 bits per heavy atom. The summed E-state index contributed by atoms with van der Waals surface area (Å²) in [4.78, 5) is 2.03. The van der Waals surface area contributed by atoms with Crippen molar-refractivity contribution < 1.29 is 13.2 Å². The van der Waals surface area contributed by atoms with Crippen molar-refractivity contribution >= 4 is 28.3 Å². The lowest BCUT2D eigenvalue weighted by atomic mass is 10.0. The van der Waals surface area contributed by atoms with Crippen LogP contribution in [-0.2, 0) is 0 Å². The van der Waals surface area contributed by atoms with E-state index in [0.717, 1.165) is 13.1 Å². The Morgan fingerprint density at radius 2 is 1.82 bits per heavy atom. The number of piperazine rings is 1. The monoisotopic (exact) mass is 392 g/mol. The van der Waals surface area contributed by atoms with Gasteiger partial charge in [0.05, 0.1) is 12.3 Å². The molecular weight excluding hydrogens is 378 g/mol. The van der Waals surface area contributed by atoms with E-state index in [2.05, 4.69) is 21.2 Å². The van der Waals surface area contributed by atoms with Crippen LogP contribution in [0.15, 0.2) is 39.4 Å². The molecule has 0 radical (unpaired) electrons. The number of hydrogen-bond acceptors (Lipinski definition) is 3. The molecule has 7 heteroatoms. The highest BCUT2D eigenvalue weighted by atomic mass is 79.9. The fourth-order valence-corrected chi connectivity index (χ4v) is 3.11. The molecule has 0 unspecified atom stereocenters. The van der Waals surface area contributed by atoms with Crippen molar-refractivity contribution in [1.29, 1.82) is 0 Å². The Labute approximate surface area is 142 Å². The van der Waals surface area contributed by atoms with Crippen molar-refractivity contribution in [3.63, 3.8) is 0 Å². The van der Waals surface area contributed by atoms with E-state index in [-0.39, 0.29) is 18.0 Å². The number of furan rings is 1. The van der Waals surface area contributed by atoms with Gasteiger partial charge in [-0.05, 0) is 24.3 Å². The highest BCUT2D eigenvalue weighted by molar-refractivity contribution is 9.10. The van der Waals surface area contributed by atoms with Crippen LogP contribution in [0.1, 0.15) is 17.4 Å². The average Bonchev–Trinajstić information content (AvgIpc) is 2.97. The van der Waals surface area contributed by atoms with Gasteiger partial charge in [-0.25, -0.2) is 8.78 Å². The number of hydrogen-bond donors (Lipinski definition) is 1. The van der Waals surface area contributed by atoms with Crippen molar-refractivity contribution in [2.75, 3.05) is 26.2 Å². The fourth-order valence-electron chi connectivity index (χ4n) is 2.71. The van der Waals surface area contributed by atoms with E-state index in [1.54, 1.807) is 12.1 Å². The van der Waals surface area contributed by atoms with Crippen LogP contribution in [0.4, 0.5) is 8.78 Å². The molecule has 0 bridgehead atoms. The third kappa shape index (κ3) is 3.51. The summed E-state index contributed by atoms with van der Waals surface area (Å²) in [5.41, 5.74) is 0.0371. The summed E-state index contributed by atoms with van der Waals surface area (Å²) >= 11 is 3.11. The van der Waals surface area contributed by atoms with E-state index in [1.807, 2.05) is 4.90 Å². The average molecular weight is 394 g/mol. The lowest BCUT2D eigenvalue weighted by Crippen LogP contribution is -2.45. The first-order valence-electron chi connectivity index (χ1n) is 6.79. The van der Waals surface area contributed by atoms with Gasteiger partial charge in [0.15, 0.2) is 0 Å². The zero-order chi connectivity index (χ0) is 14.8. The van der Waals surface area contributed by atoms with Crippen LogP contribution in [0.2, 0.25) is 0 Å². The number of nitrogens with one attached hydrogen (secondary N) is 1. The van der Waals surface area contributed by atoms with E-state index in [1.165, 1.54) is 18.4 Å². The predicted molar refractivity (Wildman–Crippen MR) is 86.3 cm³/mol. The topological polar surface area (TPSA) is 28.4 Å². The molecule has 0 saturated carbocycles. The highest BCUT2D eigenvalue weighted by Gasteiger charge is 2.31. The first kappa shape index (κ1) is 17.4.